The molecule has 5 rings (SSSR count). The van der Waals surface area contributed by atoms with Crippen molar-refractivity contribution >= 4 is 33.3 Å². The van der Waals surface area contributed by atoms with Crippen LogP contribution in [0.25, 0.3) is 21.9 Å². The van der Waals surface area contributed by atoms with E-state index >= 15 is 0 Å². The zero-order chi connectivity index (χ0) is 18.2. The van der Waals surface area contributed by atoms with Crippen LogP contribution in [0.1, 0.15) is 5.56 Å². The third-order valence-corrected chi connectivity index (χ3v) is 4.97. The molecule has 1 aliphatic heterocycles. The molecular weight excluding hydrogens is 332 g/mol. The Balaban J connectivity index is 1.61. The molecule has 0 amide bonds. The summed E-state index contributed by atoms with van der Waals surface area (Å²) in [4.78, 5) is 0. The van der Waals surface area contributed by atoms with Crippen LogP contribution in [0.3, 0.4) is 0 Å². The van der Waals surface area contributed by atoms with Crippen molar-refractivity contribution in [3.8, 4) is 0 Å². The minimum atomic E-state index is 0.784. The van der Waals surface area contributed by atoms with Gasteiger partial charge in [-0.05, 0) is 43.3 Å². The van der Waals surface area contributed by atoms with Gasteiger partial charge in [-0.2, -0.15) is 0 Å². The SMILES string of the molecule is Cc1ccc(N2C=CC=CCN2c2ccc3c(c2)oc2ccccc23)cc1. The number of hydrogen-bond acceptors (Lipinski definition) is 3. The van der Waals surface area contributed by atoms with E-state index in [2.05, 4.69) is 96.0 Å². The highest BCUT2D eigenvalue weighted by molar-refractivity contribution is 6.05. The Kier molecular flexibility index (Phi) is 3.72. The molecule has 0 N–H and O–H groups in total. The lowest BCUT2D eigenvalue weighted by molar-refractivity contribution is 0.668. The van der Waals surface area contributed by atoms with Gasteiger partial charge in [0.25, 0.3) is 0 Å². The first-order chi connectivity index (χ1) is 13.3. The number of anilines is 2. The van der Waals surface area contributed by atoms with Gasteiger partial charge in [-0.15, -0.1) is 0 Å². The molecule has 0 spiro atoms. The summed E-state index contributed by atoms with van der Waals surface area (Å²) in [7, 11) is 0. The standard InChI is InChI=1S/C24H20N2O/c1-18-9-11-19(12-10-18)25-15-5-2-6-16-26(25)20-13-14-22-21-7-3-4-8-23(21)27-24(22)17-20/h2-15,17H,16H2,1H3. The van der Waals surface area contributed by atoms with Crippen LogP contribution in [0, 0.1) is 6.92 Å². The summed E-state index contributed by atoms with van der Waals surface area (Å²) in [5, 5.41) is 6.74. The number of fused-ring (bicyclic) bond motifs is 3. The number of para-hydroxylation sites is 1. The molecule has 0 bridgehead atoms. The first kappa shape index (κ1) is 15.8. The number of hydrazine groups is 1. The minimum Gasteiger partial charge on any atom is -0.456 e. The van der Waals surface area contributed by atoms with Crippen LogP contribution in [0.5, 0.6) is 0 Å². The number of rotatable bonds is 2. The average Bonchev–Trinajstić information content (AvgIpc) is 2.89. The summed E-state index contributed by atoms with van der Waals surface area (Å²) in [6, 6.07) is 23.2. The van der Waals surface area contributed by atoms with E-state index in [1.807, 2.05) is 12.1 Å². The summed E-state index contributed by atoms with van der Waals surface area (Å²) >= 11 is 0. The molecule has 0 radical (unpaired) electrons. The Morgan fingerprint density at radius 1 is 0.778 bits per heavy atom. The quantitative estimate of drug-likeness (QED) is 0.428. The summed E-state index contributed by atoms with van der Waals surface area (Å²) in [5.41, 5.74) is 5.32. The lowest BCUT2D eigenvalue weighted by Crippen LogP contribution is -2.39. The largest absolute Gasteiger partial charge is 0.456 e. The lowest BCUT2D eigenvalue weighted by Gasteiger charge is -2.34. The fourth-order valence-electron chi connectivity index (χ4n) is 3.57. The lowest BCUT2D eigenvalue weighted by atomic mass is 10.1. The van der Waals surface area contributed by atoms with Gasteiger partial charge in [-0.1, -0.05) is 48.0 Å². The topological polar surface area (TPSA) is 19.6 Å². The molecule has 0 fully saturated rings. The second kappa shape index (κ2) is 6.36. The van der Waals surface area contributed by atoms with Gasteiger partial charge in [0.15, 0.2) is 0 Å². The Labute approximate surface area is 158 Å². The number of allylic oxidation sites excluding steroid dienone is 2. The molecule has 0 saturated carbocycles. The number of aryl methyl sites for hydroxylation is 1. The minimum absolute atomic E-state index is 0.784. The van der Waals surface area contributed by atoms with Gasteiger partial charge in [0, 0.05) is 23.0 Å². The highest BCUT2D eigenvalue weighted by Crippen LogP contribution is 2.33. The fourth-order valence-corrected chi connectivity index (χ4v) is 3.57. The van der Waals surface area contributed by atoms with Gasteiger partial charge >= 0.3 is 0 Å². The molecule has 3 aromatic carbocycles. The highest BCUT2D eigenvalue weighted by Gasteiger charge is 2.17. The number of nitrogens with zero attached hydrogens (tertiary/aromatic N) is 2. The van der Waals surface area contributed by atoms with Crippen LogP contribution in [0.4, 0.5) is 11.4 Å². The molecule has 3 nitrogen and oxygen atoms in total. The van der Waals surface area contributed by atoms with Gasteiger partial charge in [0.1, 0.15) is 11.2 Å². The van der Waals surface area contributed by atoms with E-state index in [-0.39, 0.29) is 0 Å². The summed E-state index contributed by atoms with van der Waals surface area (Å²) < 4.78 is 6.09. The smallest absolute Gasteiger partial charge is 0.137 e. The predicted molar refractivity (Wildman–Crippen MR) is 113 cm³/mol. The van der Waals surface area contributed by atoms with Gasteiger partial charge in [0.05, 0.1) is 17.9 Å². The summed E-state index contributed by atoms with van der Waals surface area (Å²) in [5.74, 6) is 0. The van der Waals surface area contributed by atoms with Gasteiger partial charge in [0.2, 0.25) is 0 Å². The van der Waals surface area contributed by atoms with Crippen molar-refractivity contribution in [2.24, 2.45) is 0 Å². The Morgan fingerprint density at radius 2 is 1.56 bits per heavy atom. The van der Waals surface area contributed by atoms with Crippen molar-refractivity contribution in [1.29, 1.82) is 0 Å². The van der Waals surface area contributed by atoms with Gasteiger partial charge in [-0.3, -0.25) is 10.0 Å². The van der Waals surface area contributed by atoms with Crippen molar-refractivity contribution < 1.29 is 4.42 Å². The first-order valence-corrected chi connectivity index (χ1v) is 9.17. The molecule has 0 saturated heterocycles. The van der Waals surface area contributed by atoms with E-state index in [1.54, 1.807) is 0 Å². The van der Waals surface area contributed by atoms with E-state index in [0.717, 1.165) is 39.9 Å². The predicted octanol–water partition coefficient (Wildman–Crippen LogP) is 6.21. The van der Waals surface area contributed by atoms with Crippen LogP contribution < -0.4 is 10.0 Å². The third kappa shape index (κ3) is 2.77. The molecule has 27 heavy (non-hydrogen) atoms. The maximum absolute atomic E-state index is 6.09. The number of hydrogen-bond donors (Lipinski definition) is 0. The van der Waals surface area contributed by atoms with Crippen LogP contribution in [0.2, 0.25) is 0 Å². The molecular formula is C24H20N2O. The first-order valence-electron chi connectivity index (χ1n) is 9.17. The number of benzene rings is 3. The molecule has 0 aliphatic carbocycles. The number of furan rings is 1. The van der Waals surface area contributed by atoms with E-state index in [1.165, 1.54) is 5.56 Å². The van der Waals surface area contributed by atoms with Crippen LogP contribution in [-0.4, -0.2) is 6.54 Å². The van der Waals surface area contributed by atoms with E-state index in [9.17, 15) is 0 Å². The second-order valence-corrected chi connectivity index (χ2v) is 6.81. The Hall–Kier alpha value is -3.46. The zero-order valence-electron chi connectivity index (χ0n) is 15.2. The van der Waals surface area contributed by atoms with Crippen LogP contribution in [-0.2, 0) is 0 Å². The average molecular weight is 352 g/mol. The van der Waals surface area contributed by atoms with Crippen molar-refractivity contribution in [3.63, 3.8) is 0 Å². The van der Waals surface area contributed by atoms with Crippen molar-refractivity contribution in [2.45, 2.75) is 6.92 Å². The fraction of sp³-hybridized carbons (Fsp3) is 0.0833. The van der Waals surface area contributed by atoms with Gasteiger partial charge < -0.3 is 4.42 Å². The van der Waals surface area contributed by atoms with Gasteiger partial charge in [-0.25, -0.2) is 0 Å². The Morgan fingerprint density at radius 3 is 2.44 bits per heavy atom. The van der Waals surface area contributed by atoms with E-state index in [4.69, 9.17) is 4.42 Å². The molecule has 132 valence electrons. The normalized spacial score (nSPS) is 14.3. The molecule has 0 atom stereocenters. The molecule has 4 aromatic rings. The van der Waals surface area contributed by atoms with Crippen molar-refractivity contribution in [1.82, 2.24) is 0 Å². The molecule has 3 heteroatoms. The van der Waals surface area contributed by atoms with Crippen molar-refractivity contribution in [3.05, 3.63) is 96.7 Å². The molecule has 0 unspecified atom stereocenters. The van der Waals surface area contributed by atoms with Crippen LogP contribution in [0.15, 0.2) is 95.6 Å². The van der Waals surface area contributed by atoms with Crippen molar-refractivity contribution in [2.75, 3.05) is 16.6 Å². The second-order valence-electron chi connectivity index (χ2n) is 6.81. The summed E-state index contributed by atoms with van der Waals surface area (Å²) in [6.45, 7) is 2.89. The zero-order valence-corrected chi connectivity index (χ0v) is 15.2. The van der Waals surface area contributed by atoms with E-state index < -0.39 is 0 Å². The molecule has 1 aliphatic rings. The summed E-state index contributed by atoms with van der Waals surface area (Å²) in [6.07, 6.45) is 8.41. The third-order valence-electron chi connectivity index (χ3n) is 4.97. The van der Waals surface area contributed by atoms with E-state index in [0.29, 0.717) is 0 Å². The Bertz CT molecular complexity index is 1170. The van der Waals surface area contributed by atoms with Crippen LogP contribution >= 0.6 is 0 Å². The highest BCUT2D eigenvalue weighted by atomic mass is 16.3. The molecule has 1 aromatic heterocycles. The molecule has 2 heterocycles. The maximum Gasteiger partial charge on any atom is 0.137 e. The maximum atomic E-state index is 6.09. The monoisotopic (exact) mass is 352 g/mol.